The first-order valence-electron chi connectivity index (χ1n) is 9.80. The molecular formula is C24H21ClN2O5. The van der Waals surface area contributed by atoms with Gasteiger partial charge in [0.2, 0.25) is 0 Å². The Morgan fingerprint density at radius 1 is 0.938 bits per heavy atom. The van der Waals surface area contributed by atoms with Crippen molar-refractivity contribution in [1.29, 1.82) is 0 Å². The molecule has 0 radical (unpaired) electrons. The van der Waals surface area contributed by atoms with E-state index in [1.54, 1.807) is 66.7 Å². The van der Waals surface area contributed by atoms with Gasteiger partial charge < -0.3 is 14.2 Å². The van der Waals surface area contributed by atoms with Crippen molar-refractivity contribution in [3.05, 3.63) is 88.9 Å². The van der Waals surface area contributed by atoms with Gasteiger partial charge in [-0.3, -0.25) is 4.79 Å². The number of esters is 1. The predicted octanol–water partition coefficient (Wildman–Crippen LogP) is 4.49. The molecule has 0 heterocycles. The average molecular weight is 453 g/mol. The van der Waals surface area contributed by atoms with E-state index in [1.165, 1.54) is 6.21 Å². The smallest absolute Gasteiger partial charge is 0.345 e. The average Bonchev–Trinajstić information content (AvgIpc) is 2.80. The lowest BCUT2D eigenvalue weighted by molar-refractivity contribution is -0.123. The fourth-order valence-electron chi connectivity index (χ4n) is 2.61. The Labute approximate surface area is 190 Å². The molecule has 0 fully saturated rings. The summed E-state index contributed by atoms with van der Waals surface area (Å²) < 4.78 is 16.2. The first-order valence-corrected chi connectivity index (χ1v) is 10.2. The van der Waals surface area contributed by atoms with Crippen molar-refractivity contribution in [2.75, 3.05) is 13.2 Å². The van der Waals surface area contributed by atoms with E-state index in [1.807, 2.05) is 13.0 Å². The number of carbonyl (C=O) groups excluding carboxylic acids is 2. The van der Waals surface area contributed by atoms with E-state index in [-0.39, 0.29) is 12.2 Å². The van der Waals surface area contributed by atoms with Gasteiger partial charge in [-0.1, -0.05) is 35.9 Å². The summed E-state index contributed by atoms with van der Waals surface area (Å²) in [5, 5.41) is 4.22. The van der Waals surface area contributed by atoms with Crippen molar-refractivity contribution >= 4 is 29.7 Å². The molecule has 0 aliphatic rings. The molecule has 7 nitrogen and oxygen atoms in total. The number of nitrogens with one attached hydrogen (secondary N) is 1. The number of ether oxygens (including phenoxy) is 3. The number of rotatable bonds is 9. The molecule has 0 aliphatic heterocycles. The molecule has 1 amide bonds. The number of halogens is 1. The van der Waals surface area contributed by atoms with Crippen LogP contribution in [0.25, 0.3) is 0 Å². The molecule has 0 unspecified atom stereocenters. The lowest BCUT2D eigenvalue weighted by atomic mass is 10.2. The van der Waals surface area contributed by atoms with E-state index in [0.29, 0.717) is 34.4 Å². The molecule has 0 spiro atoms. The third-order valence-corrected chi connectivity index (χ3v) is 4.42. The quantitative estimate of drug-likeness (QED) is 0.224. The number of para-hydroxylation sites is 2. The molecule has 32 heavy (non-hydrogen) atoms. The number of benzene rings is 3. The summed E-state index contributed by atoms with van der Waals surface area (Å²) in [6.45, 7) is 2.15. The third kappa shape index (κ3) is 6.58. The fourth-order valence-corrected chi connectivity index (χ4v) is 2.82. The summed E-state index contributed by atoms with van der Waals surface area (Å²) in [7, 11) is 0. The molecule has 0 aromatic heterocycles. The topological polar surface area (TPSA) is 86.2 Å². The van der Waals surface area contributed by atoms with Crippen LogP contribution >= 0.6 is 11.6 Å². The standard InChI is InChI=1S/C24H21ClN2O5/c1-2-30-21-9-5-6-10-22(21)31-16-23(28)27-26-15-17-11-13-18(14-12-17)32-24(29)19-7-3-4-8-20(19)25/h3-15H,2,16H2,1H3,(H,27,28). The zero-order valence-corrected chi connectivity index (χ0v) is 18.0. The summed E-state index contributed by atoms with van der Waals surface area (Å²) >= 11 is 6.00. The molecule has 0 aliphatic carbocycles. The van der Waals surface area contributed by atoms with Crippen LogP contribution in [-0.4, -0.2) is 31.3 Å². The Kier molecular flexibility index (Phi) is 8.22. The maximum atomic E-state index is 12.2. The van der Waals surface area contributed by atoms with Crippen LogP contribution < -0.4 is 19.6 Å². The first kappa shape index (κ1) is 22.8. The van der Waals surface area contributed by atoms with Gasteiger partial charge in [0.15, 0.2) is 18.1 Å². The number of hydrazone groups is 1. The van der Waals surface area contributed by atoms with Gasteiger partial charge in [-0.2, -0.15) is 5.10 Å². The van der Waals surface area contributed by atoms with Gasteiger partial charge in [-0.15, -0.1) is 0 Å². The van der Waals surface area contributed by atoms with Crippen LogP contribution in [-0.2, 0) is 4.79 Å². The van der Waals surface area contributed by atoms with E-state index in [9.17, 15) is 9.59 Å². The number of hydrogen-bond donors (Lipinski definition) is 1. The third-order valence-electron chi connectivity index (χ3n) is 4.10. The Balaban J connectivity index is 1.48. The highest BCUT2D eigenvalue weighted by molar-refractivity contribution is 6.33. The van der Waals surface area contributed by atoms with Crippen molar-refractivity contribution in [3.63, 3.8) is 0 Å². The zero-order chi connectivity index (χ0) is 22.8. The van der Waals surface area contributed by atoms with Gasteiger partial charge >= 0.3 is 5.97 Å². The largest absolute Gasteiger partial charge is 0.490 e. The second-order valence-electron chi connectivity index (χ2n) is 6.40. The molecule has 0 bridgehead atoms. The van der Waals surface area contributed by atoms with Gasteiger partial charge in [-0.25, -0.2) is 10.2 Å². The Hall–Kier alpha value is -3.84. The Morgan fingerprint density at radius 3 is 2.28 bits per heavy atom. The second kappa shape index (κ2) is 11.5. The molecule has 8 heteroatoms. The van der Waals surface area contributed by atoms with Gasteiger partial charge in [0, 0.05) is 0 Å². The van der Waals surface area contributed by atoms with Gasteiger partial charge in [0.1, 0.15) is 5.75 Å². The number of carbonyl (C=O) groups is 2. The van der Waals surface area contributed by atoms with E-state index in [0.717, 1.165) is 0 Å². The Bertz CT molecular complexity index is 1100. The molecule has 0 saturated heterocycles. The highest BCUT2D eigenvalue weighted by Crippen LogP contribution is 2.26. The van der Waals surface area contributed by atoms with Crippen molar-refractivity contribution in [3.8, 4) is 17.2 Å². The van der Waals surface area contributed by atoms with Crippen molar-refractivity contribution < 1.29 is 23.8 Å². The zero-order valence-electron chi connectivity index (χ0n) is 17.3. The number of amides is 1. The van der Waals surface area contributed by atoms with Crippen molar-refractivity contribution in [2.24, 2.45) is 5.10 Å². The minimum absolute atomic E-state index is 0.210. The van der Waals surface area contributed by atoms with Crippen LogP contribution in [0.4, 0.5) is 0 Å². The highest BCUT2D eigenvalue weighted by atomic mass is 35.5. The minimum atomic E-state index is -0.546. The SMILES string of the molecule is CCOc1ccccc1OCC(=O)NN=Cc1ccc(OC(=O)c2ccccc2Cl)cc1. The summed E-state index contributed by atoms with van der Waals surface area (Å²) in [5.41, 5.74) is 3.38. The van der Waals surface area contributed by atoms with Crippen LogP contribution in [0, 0.1) is 0 Å². The first-order chi connectivity index (χ1) is 15.6. The monoisotopic (exact) mass is 452 g/mol. The highest BCUT2D eigenvalue weighted by Gasteiger charge is 2.12. The van der Waals surface area contributed by atoms with E-state index >= 15 is 0 Å². The molecule has 1 N–H and O–H groups in total. The molecule has 0 saturated carbocycles. The fraction of sp³-hybridized carbons (Fsp3) is 0.125. The number of nitrogens with zero attached hydrogens (tertiary/aromatic N) is 1. The maximum Gasteiger partial charge on any atom is 0.345 e. The lowest BCUT2D eigenvalue weighted by Gasteiger charge is -2.10. The van der Waals surface area contributed by atoms with Gasteiger partial charge in [0.05, 0.1) is 23.4 Å². The van der Waals surface area contributed by atoms with E-state index < -0.39 is 11.9 Å². The molecule has 0 atom stereocenters. The second-order valence-corrected chi connectivity index (χ2v) is 6.81. The molecule has 3 rings (SSSR count). The van der Waals surface area contributed by atoms with Crippen molar-refractivity contribution in [2.45, 2.75) is 6.92 Å². The minimum Gasteiger partial charge on any atom is -0.490 e. The molecule has 3 aromatic carbocycles. The van der Waals surface area contributed by atoms with E-state index in [4.69, 9.17) is 25.8 Å². The lowest BCUT2D eigenvalue weighted by Crippen LogP contribution is -2.24. The normalized spacial score (nSPS) is 10.6. The van der Waals surface area contributed by atoms with E-state index in [2.05, 4.69) is 10.5 Å². The van der Waals surface area contributed by atoms with Crippen LogP contribution in [0.15, 0.2) is 77.9 Å². The van der Waals surface area contributed by atoms with Crippen LogP contribution in [0.2, 0.25) is 5.02 Å². The van der Waals surface area contributed by atoms with Crippen LogP contribution in [0.1, 0.15) is 22.8 Å². The van der Waals surface area contributed by atoms with Crippen molar-refractivity contribution in [1.82, 2.24) is 5.43 Å². The van der Waals surface area contributed by atoms with Gasteiger partial charge in [-0.05, 0) is 61.0 Å². The maximum absolute atomic E-state index is 12.2. The molecular weight excluding hydrogens is 432 g/mol. The number of hydrogen-bond acceptors (Lipinski definition) is 6. The van der Waals surface area contributed by atoms with Gasteiger partial charge in [0.25, 0.3) is 5.91 Å². The van der Waals surface area contributed by atoms with Crippen LogP contribution in [0.5, 0.6) is 17.2 Å². The Morgan fingerprint density at radius 2 is 1.59 bits per heavy atom. The molecule has 3 aromatic rings. The summed E-state index contributed by atoms with van der Waals surface area (Å²) in [5.74, 6) is 0.447. The summed E-state index contributed by atoms with van der Waals surface area (Å²) in [6.07, 6.45) is 1.46. The molecule has 164 valence electrons. The summed E-state index contributed by atoms with van der Waals surface area (Å²) in [6, 6.07) is 20.4. The summed E-state index contributed by atoms with van der Waals surface area (Å²) in [4.78, 5) is 24.1. The predicted molar refractivity (Wildman–Crippen MR) is 122 cm³/mol. The van der Waals surface area contributed by atoms with Crippen LogP contribution in [0.3, 0.4) is 0 Å².